The summed E-state index contributed by atoms with van der Waals surface area (Å²) in [6.07, 6.45) is 2.18. The lowest BCUT2D eigenvalue weighted by molar-refractivity contribution is -0.750. The molecule has 2 nitrogen and oxygen atoms in total. The Balaban J connectivity index is 2.25. The highest BCUT2D eigenvalue weighted by molar-refractivity contribution is 5.79. The van der Waals surface area contributed by atoms with Gasteiger partial charge in [0.25, 0.3) is 0 Å². The first-order chi connectivity index (χ1) is 9.27. The highest BCUT2D eigenvalue weighted by Gasteiger charge is 2.19. The average Bonchev–Trinajstić information content (AvgIpc) is 2.77. The van der Waals surface area contributed by atoms with Crippen molar-refractivity contribution in [1.29, 1.82) is 0 Å². The van der Waals surface area contributed by atoms with Crippen molar-refractivity contribution in [2.24, 2.45) is 14.1 Å². The first-order valence-corrected chi connectivity index (χ1v) is 6.44. The van der Waals surface area contributed by atoms with Crippen LogP contribution in [0.4, 0.5) is 0 Å². The average molecular weight is 249 g/mol. The summed E-state index contributed by atoms with van der Waals surface area (Å²) in [7, 11) is 4.16. The summed E-state index contributed by atoms with van der Waals surface area (Å²) in [6.45, 7) is 0. The van der Waals surface area contributed by atoms with E-state index in [-0.39, 0.29) is 0 Å². The molecule has 3 aromatic rings. The lowest BCUT2D eigenvalue weighted by atomic mass is 10.0. The second-order valence-electron chi connectivity index (χ2n) is 4.72. The zero-order valence-corrected chi connectivity index (χ0v) is 11.2. The van der Waals surface area contributed by atoms with Crippen molar-refractivity contribution in [3.8, 4) is 22.4 Å². The van der Waals surface area contributed by atoms with Crippen molar-refractivity contribution < 1.29 is 4.68 Å². The van der Waals surface area contributed by atoms with Crippen LogP contribution < -0.4 is 4.68 Å². The van der Waals surface area contributed by atoms with Gasteiger partial charge in [0.1, 0.15) is 5.69 Å². The van der Waals surface area contributed by atoms with Gasteiger partial charge in [-0.05, 0) is 5.56 Å². The third-order valence-electron chi connectivity index (χ3n) is 3.50. The molecule has 0 saturated heterocycles. The number of nitrogens with zero attached hydrogens (tertiary/aromatic N) is 2. The molecular formula is C17H17N2+. The molecule has 0 bridgehead atoms. The van der Waals surface area contributed by atoms with E-state index in [0.717, 1.165) is 0 Å². The zero-order valence-electron chi connectivity index (χ0n) is 11.2. The highest BCUT2D eigenvalue weighted by Crippen LogP contribution is 2.30. The topological polar surface area (TPSA) is 8.81 Å². The van der Waals surface area contributed by atoms with Gasteiger partial charge in [-0.25, -0.2) is 0 Å². The van der Waals surface area contributed by atoms with Crippen LogP contribution in [-0.4, -0.2) is 4.68 Å². The molecule has 1 aromatic heterocycles. The summed E-state index contributed by atoms with van der Waals surface area (Å²) < 4.78 is 4.29. The van der Waals surface area contributed by atoms with Gasteiger partial charge in [-0.2, -0.15) is 4.68 Å². The second kappa shape index (κ2) is 4.73. The van der Waals surface area contributed by atoms with E-state index in [1.807, 2.05) is 0 Å². The van der Waals surface area contributed by atoms with Crippen molar-refractivity contribution in [2.75, 3.05) is 0 Å². The Hall–Kier alpha value is -2.35. The van der Waals surface area contributed by atoms with Gasteiger partial charge in [-0.1, -0.05) is 60.7 Å². The van der Waals surface area contributed by atoms with Crippen molar-refractivity contribution in [3.05, 3.63) is 66.9 Å². The lowest BCUT2D eigenvalue weighted by Crippen LogP contribution is -2.36. The summed E-state index contributed by atoms with van der Waals surface area (Å²) in [4.78, 5) is 0. The molecule has 0 unspecified atom stereocenters. The quantitative estimate of drug-likeness (QED) is 0.617. The van der Waals surface area contributed by atoms with E-state index in [4.69, 9.17) is 0 Å². The van der Waals surface area contributed by atoms with Crippen LogP contribution >= 0.6 is 0 Å². The molecule has 0 amide bonds. The molecule has 0 aliphatic heterocycles. The van der Waals surface area contributed by atoms with Crippen LogP contribution in [0.15, 0.2) is 66.9 Å². The Kier molecular flexibility index (Phi) is 2.92. The summed E-state index contributed by atoms with van der Waals surface area (Å²) in [5, 5.41) is 0. The Labute approximate surface area is 113 Å². The molecule has 2 heteroatoms. The molecule has 1 heterocycles. The van der Waals surface area contributed by atoms with Gasteiger partial charge in [-0.3, -0.25) is 0 Å². The molecule has 0 N–H and O–H groups in total. The standard InChI is InChI=1S/C17H17N2/c1-18-13-16(14-9-5-3-6-10-14)17(19(18)2)15-11-7-4-8-12-15/h3-13H,1-2H3/q+1. The Morgan fingerprint density at radius 3 is 1.89 bits per heavy atom. The molecule has 2 aromatic carbocycles. The van der Waals surface area contributed by atoms with Gasteiger partial charge in [-0.15, -0.1) is 4.68 Å². The second-order valence-corrected chi connectivity index (χ2v) is 4.72. The number of rotatable bonds is 2. The number of aromatic nitrogens is 2. The SMILES string of the molecule is Cn1c(-c2ccccc2)c(-c2ccccc2)c[n+]1C. The van der Waals surface area contributed by atoms with Gasteiger partial charge in [0.2, 0.25) is 6.20 Å². The number of hydrogen-bond acceptors (Lipinski definition) is 0. The molecule has 3 rings (SSSR count). The minimum absolute atomic E-state index is 1.24. The first kappa shape index (κ1) is 11.7. The minimum Gasteiger partial charge on any atom is -0.156 e. The maximum Gasteiger partial charge on any atom is 0.203 e. The molecule has 19 heavy (non-hydrogen) atoms. The van der Waals surface area contributed by atoms with Crippen LogP contribution in [0, 0.1) is 0 Å². The largest absolute Gasteiger partial charge is 0.203 e. The van der Waals surface area contributed by atoms with E-state index >= 15 is 0 Å². The normalized spacial score (nSPS) is 10.6. The maximum absolute atomic E-state index is 2.18. The summed E-state index contributed by atoms with van der Waals surface area (Å²) in [5.41, 5.74) is 4.99. The monoisotopic (exact) mass is 249 g/mol. The third kappa shape index (κ3) is 2.06. The van der Waals surface area contributed by atoms with Crippen LogP contribution in [0.2, 0.25) is 0 Å². The van der Waals surface area contributed by atoms with Crippen molar-refractivity contribution in [3.63, 3.8) is 0 Å². The molecule has 0 aliphatic carbocycles. The predicted octanol–water partition coefficient (Wildman–Crippen LogP) is 3.18. The van der Waals surface area contributed by atoms with Crippen molar-refractivity contribution in [1.82, 2.24) is 4.68 Å². The van der Waals surface area contributed by atoms with E-state index in [0.29, 0.717) is 0 Å². The van der Waals surface area contributed by atoms with Gasteiger partial charge < -0.3 is 0 Å². The Bertz CT molecular complexity index is 682. The summed E-state index contributed by atoms with van der Waals surface area (Å²) in [6, 6.07) is 21.0. The Morgan fingerprint density at radius 2 is 1.32 bits per heavy atom. The highest BCUT2D eigenvalue weighted by atomic mass is 15.4. The van der Waals surface area contributed by atoms with Crippen LogP contribution in [0.3, 0.4) is 0 Å². The molecule has 0 aliphatic rings. The number of aryl methyl sites for hydroxylation is 1. The lowest BCUT2D eigenvalue weighted by Gasteiger charge is -2.03. The number of hydrogen-bond donors (Lipinski definition) is 0. The van der Waals surface area contributed by atoms with Crippen LogP contribution in [0.1, 0.15) is 0 Å². The zero-order chi connectivity index (χ0) is 13.2. The summed E-state index contributed by atoms with van der Waals surface area (Å²) in [5.74, 6) is 0. The van der Waals surface area contributed by atoms with Crippen molar-refractivity contribution >= 4 is 0 Å². The maximum atomic E-state index is 2.18. The molecular weight excluding hydrogens is 232 g/mol. The van der Waals surface area contributed by atoms with Crippen LogP contribution in [-0.2, 0) is 14.1 Å². The van der Waals surface area contributed by atoms with Crippen molar-refractivity contribution in [2.45, 2.75) is 0 Å². The van der Waals surface area contributed by atoms with E-state index in [2.05, 4.69) is 90.3 Å². The fourth-order valence-electron chi connectivity index (χ4n) is 2.43. The fraction of sp³-hybridized carbons (Fsp3) is 0.118. The molecule has 0 saturated carbocycles. The molecule has 0 fully saturated rings. The van der Waals surface area contributed by atoms with Gasteiger partial charge in [0.05, 0.1) is 12.6 Å². The van der Waals surface area contributed by atoms with E-state index < -0.39 is 0 Å². The summed E-state index contributed by atoms with van der Waals surface area (Å²) >= 11 is 0. The molecule has 94 valence electrons. The molecule has 0 atom stereocenters. The van der Waals surface area contributed by atoms with Gasteiger partial charge >= 0.3 is 0 Å². The third-order valence-corrected chi connectivity index (χ3v) is 3.50. The number of benzene rings is 2. The van der Waals surface area contributed by atoms with E-state index in [9.17, 15) is 0 Å². The molecule has 0 radical (unpaired) electrons. The van der Waals surface area contributed by atoms with Gasteiger partial charge in [0, 0.05) is 5.56 Å². The van der Waals surface area contributed by atoms with Gasteiger partial charge in [0.15, 0.2) is 7.05 Å². The fourth-order valence-corrected chi connectivity index (χ4v) is 2.43. The van der Waals surface area contributed by atoms with Crippen LogP contribution in [0.5, 0.6) is 0 Å². The minimum atomic E-state index is 1.24. The van der Waals surface area contributed by atoms with Crippen LogP contribution in [0.25, 0.3) is 22.4 Å². The van der Waals surface area contributed by atoms with E-state index in [1.165, 1.54) is 22.4 Å². The molecule has 0 spiro atoms. The Morgan fingerprint density at radius 1 is 0.789 bits per heavy atom. The first-order valence-electron chi connectivity index (χ1n) is 6.44. The smallest absolute Gasteiger partial charge is 0.156 e. The van der Waals surface area contributed by atoms with E-state index in [1.54, 1.807) is 0 Å². The predicted molar refractivity (Wildman–Crippen MR) is 77.5 cm³/mol.